The van der Waals surface area contributed by atoms with E-state index in [2.05, 4.69) is 58.4 Å². The van der Waals surface area contributed by atoms with Gasteiger partial charge in [0.1, 0.15) is 18.1 Å². The van der Waals surface area contributed by atoms with Crippen LogP contribution in [0.2, 0.25) is 0 Å². The van der Waals surface area contributed by atoms with Crippen molar-refractivity contribution in [2.75, 3.05) is 19.6 Å². The van der Waals surface area contributed by atoms with Gasteiger partial charge >= 0.3 is 0 Å². The van der Waals surface area contributed by atoms with E-state index < -0.39 is 0 Å². The lowest BCUT2D eigenvalue weighted by atomic mass is 10.0. The van der Waals surface area contributed by atoms with Crippen molar-refractivity contribution in [1.29, 1.82) is 0 Å². The molecule has 1 aliphatic rings. The molecule has 0 atom stereocenters. The molecule has 1 aromatic heterocycles. The normalized spacial score (nSPS) is 15.6. The lowest BCUT2D eigenvalue weighted by Crippen LogP contribution is -2.38. The highest BCUT2D eigenvalue weighted by molar-refractivity contribution is 5.88. The average molecular weight is 374 g/mol. The topological polar surface area (TPSA) is 42.4 Å². The number of aryl methyl sites for hydroxylation is 1. The van der Waals surface area contributed by atoms with Crippen LogP contribution >= 0.6 is 0 Å². The standard InChI is InChI=1S/C24H26N2O2/c1-18-24-8-5-20(17-21(24)9-12-25-18)19-3-6-22(7-4-19)28-23-10-14-26(15-11-23)13-2-16-27/h3-9,12,16-17,23H,2,10-11,13-15H2,1H3. The average Bonchev–Trinajstić information content (AvgIpc) is 2.74. The summed E-state index contributed by atoms with van der Waals surface area (Å²) in [6, 6.07) is 17.0. The minimum Gasteiger partial charge on any atom is -0.490 e. The van der Waals surface area contributed by atoms with Crippen LogP contribution in [-0.2, 0) is 4.79 Å². The molecular formula is C24H26N2O2. The van der Waals surface area contributed by atoms with Gasteiger partial charge < -0.3 is 14.4 Å². The van der Waals surface area contributed by atoms with Crippen molar-refractivity contribution in [3.8, 4) is 16.9 Å². The Labute approximate surface area is 166 Å². The zero-order valence-corrected chi connectivity index (χ0v) is 16.3. The molecule has 2 heterocycles. The van der Waals surface area contributed by atoms with Gasteiger partial charge in [0, 0.05) is 43.3 Å². The van der Waals surface area contributed by atoms with Gasteiger partial charge in [0.15, 0.2) is 0 Å². The molecule has 0 aliphatic carbocycles. The molecule has 2 aromatic carbocycles. The Morgan fingerprint density at radius 2 is 1.82 bits per heavy atom. The van der Waals surface area contributed by atoms with E-state index in [1.165, 1.54) is 21.9 Å². The van der Waals surface area contributed by atoms with Gasteiger partial charge in [-0.1, -0.05) is 24.3 Å². The highest BCUT2D eigenvalue weighted by Gasteiger charge is 2.20. The monoisotopic (exact) mass is 374 g/mol. The predicted molar refractivity (Wildman–Crippen MR) is 113 cm³/mol. The fourth-order valence-corrected chi connectivity index (χ4v) is 3.91. The van der Waals surface area contributed by atoms with Crippen LogP contribution in [0.15, 0.2) is 54.7 Å². The van der Waals surface area contributed by atoms with Crippen LogP contribution in [0.1, 0.15) is 25.0 Å². The van der Waals surface area contributed by atoms with Gasteiger partial charge in [-0.3, -0.25) is 4.98 Å². The number of hydrogen-bond acceptors (Lipinski definition) is 4. The highest BCUT2D eigenvalue weighted by atomic mass is 16.5. The third-order valence-corrected chi connectivity index (χ3v) is 5.55. The first-order valence-corrected chi connectivity index (χ1v) is 10.0. The molecule has 0 radical (unpaired) electrons. The van der Waals surface area contributed by atoms with Gasteiger partial charge in [0.2, 0.25) is 0 Å². The maximum atomic E-state index is 10.5. The van der Waals surface area contributed by atoms with Crippen LogP contribution in [0.25, 0.3) is 21.9 Å². The van der Waals surface area contributed by atoms with Crippen LogP contribution < -0.4 is 4.74 Å². The minimum absolute atomic E-state index is 0.259. The largest absolute Gasteiger partial charge is 0.490 e. The van der Waals surface area contributed by atoms with E-state index in [1.807, 2.05) is 13.1 Å². The van der Waals surface area contributed by atoms with Crippen LogP contribution in [0, 0.1) is 6.92 Å². The van der Waals surface area contributed by atoms with Gasteiger partial charge in [-0.15, -0.1) is 0 Å². The van der Waals surface area contributed by atoms with Gasteiger partial charge in [0.05, 0.1) is 0 Å². The molecule has 0 N–H and O–H groups in total. The third-order valence-electron chi connectivity index (χ3n) is 5.55. The first-order chi connectivity index (χ1) is 13.7. The lowest BCUT2D eigenvalue weighted by Gasteiger charge is -2.31. The van der Waals surface area contributed by atoms with Crippen molar-refractivity contribution in [2.45, 2.75) is 32.3 Å². The molecule has 4 heteroatoms. The summed E-state index contributed by atoms with van der Waals surface area (Å²) in [5.41, 5.74) is 3.45. The maximum absolute atomic E-state index is 10.5. The van der Waals surface area contributed by atoms with Crippen LogP contribution in [0.5, 0.6) is 5.75 Å². The number of nitrogens with zero attached hydrogens (tertiary/aromatic N) is 2. The number of ether oxygens (including phenoxy) is 1. The van der Waals surface area contributed by atoms with Gasteiger partial charge in [-0.2, -0.15) is 0 Å². The van der Waals surface area contributed by atoms with E-state index in [4.69, 9.17) is 4.74 Å². The third kappa shape index (κ3) is 4.23. The van der Waals surface area contributed by atoms with Crippen LogP contribution in [-0.4, -0.2) is 41.9 Å². The molecule has 1 aliphatic heterocycles. The number of carbonyl (C=O) groups is 1. The fraction of sp³-hybridized carbons (Fsp3) is 0.333. The van der Waals surface area contributed by atoms with E-state index in [1.54, 1.807) is 0 Å². The van der Waals surface area contributed by atoms with Crippen molar-refractivity contribution in [1.82, 2.24) is 9.88 Å². The Hall–Kier alpha value is -2.72. The Kier molecular flexibility index (Phi) is 5.68. The summed E-state index contributed by atoms with van der Waals surface area (Å²) >= 11 is 0. The SMILES string of the molecule is Cc1nccc2cc(-c3ccc(OC4CCN(CCC=O)CC4)cc3)ccc12. The summed E-state index contributed by atoms with van der Waals surface area (Å²) in [7, 11) is 0. The predicted octanol–water partition coefficient (Wildman–Crippen LogP) is 4.64. The number of benzene rings is 2. The van der Waals surface area contributed by atoms with E-state index >= 15 is 0 Å². The lowest BCUT2D eigenvalue weighted by molar-refractivity contribution is -0.108. The minimum atomic E-state index is 0.259. The van der Waals surface area contributed by atoms with Crippen LogP contribution in [0.4, 0.5) is 0 Å². The maximum Gasteiger partial charge on any atom is 0.121 e. The first-order valence-electron chi connectivity index (χ1n) is 10.0. The molecule has 0 bridgehead atoms. The molecule has 4 rings (SSSR count). The van der Waals surface area contributed by atoms with Gasteiger partial charge in [-0.25, -0.2) is 0 Å². The quantitative estimate of drug-likeness (QED) is 0.590. The molecule has 1 saturated heterocycles. The number of aromatic nitrogens is 1. The van der Waals surface area contributed by atoms with Gasteiger partial charge in [0.25, 0.3) is 0 Å². The molecule has 0 amide bonds. The Balaban J connectivity index is 1.40. The summed E-state index contributed by atoms with van der Waals surface area (Å²) < 4.78 is 6.18. The number of rotatable bonds is 6. The second-order valence-electron chi connectivity index (χ2n) is 7.47. The number of likely N-dealkylation sites (tertiary alicyclic amines) is 1. The summed E-state index contributed by atoms with van der Waals surface area (Å²) in [6.45, 7) is 4.91. The fourth-order valence-electron chi connectivity index (χ4n) is 3.91. The summed E-state index contributed by atoms with van der Waals surface area (Å²) in [5.74, 6) is 0.927. The molecule has 144 valence electrons. The van der Waals surface area contributed by atoms with Crippen molar-refractivity contribution >= 4 is 17.1 Å². The number of hydrogen-bond donors (Lipinski definition) is 0. The Morgan fingerprint density at radius 3 is 2.57 bits per heavy atom. The number of fused-ring (bicyclic) bond motifs is 1. The highest BCUT2D eigenvalue weighted by Crippen LogP contribution is 2.28. The van der Waals surface area contributed by atoms with E-state index in [0.29, 0.717) is 6.42 Å². The first kappa shape index (κ1) is 18.6. The van der Waals surface area contributed by atoms with Crippen molar-refractivity contribution in [2.24, 2.45) is 0 Å². The summed E-state index contributed by atoms with van der Waals surface area (Å²) in [4.78, 5) is 17.2. The number of piperidine rings is 1. The Morgan fingerprint density at radius 1 is 1.07 bits per heavy atom. The molecule has 1 fully saturated rings. The number of aldehydes is 1. The zero-order valence-electron chi connectivity index (χ0n) is 16.3. The Bertz CT molecular complexity index is 944. The summed E-state index contributed by atoms with van der Waals surface area (Å²) in [6.07, 6.45) is 5.77. The zero-order chi connectivity index (χ0) is 19.3. The molecule has 0 spiro atoms. The van der Waals surface area contributed by atoms with Crippen LogP contribution in [0.3, 0.4) is 0 Å². The van der Waals surface area contributed by atoms with Crippen molar-refractivity contribution in [3.05, 3.63) is 60.4 Å². The smallest absolute Gasteiger partial charge is 0.121 e. The second-order valence-corrected chi connectivity index (χ2v) is 7.47. The molecule has 0 saturated carbocycles. The van der Waals surface area contributed by atoms with Gasteiger partial charge in [-0.05, 0) is 60.5 Å². The van der Waals surface area contributed by atoms with Crippen molar-refractivity contribution in [3.63, 3.8) is 0 Å². The molecular weight excluding hydrogens is 348 g/mol. The molecule has 28 heavy (non-hydrogen) atoms. The molecule has 0 unspecified atom stereocenters. The van der Waals surface area contributed by atoms with Crippen molar-refractivity contribution < 1.29 is 9.53 Å². The number of pyridine rings is 1. The van der Waals surface area contributed by atoms with E-state index in [-0.39, 0.29) is 6.10 Å². The molecule has 3 aromatic rings. The summed E-state index contributed by atoms with van der Waals surface area (Å²) in [5, 5.41) is 2.41. The number of carbonyl (C=O) groups excluding carboxylic acids is 1. The van der Waals surface area contributed by atoms with E-state index in [9.17, 15) is 4.79 Å². The molecule has 4 nitrogen and oxygen atoms in total. The second kappa shape index (κ2) is 8.53. The van der Waals surface area contributed by atoms with E-state index in [0.717, 1.165) is 50.2 Å².